The van der Waals surface area contributed by atoms with Gasteiger partial charge < -0.3 is 10.2 Å². The van der Waals surface area contributed by atoms with E-state index in [1.54, 1.807) is 0 Å². The molecule has 0 saturated carbocycles. The Labute approximate surface area is 99.2 Å². The molecule has 1 N–H and O–H groups in total. The molecule has 3 aliphatic heterocycles. The molecule has 2 atom stereocenters. The average Bonchev–Trinajstić information content (AvgIpc) is 2.99. The predicted octanol–water partition coefficient (Wildman–Crippen LogP) is 0.766. The molecule has 0 bridgehead atoms. The predicted molar refractivity (Wildman–Crippen MR) is 66.6 cm³/mol. The topological polar surface area (TPSA) is 18.5 Å². The van der Waals surface area contributed by atoms with Crippen molar-refractivity contribution in [3.05, 3.63) is 0 Å². The quantitative estimate of drug-likeness (QED) is 0.762. The first-order valence-corrected chi connectivity index (χ1v) is 7.09. The van der Waals surface area contributed by atoms with Gasteiger partial charge in [-0.25, -0.2) is 0 Å². The molecule has 3 fully saturated rings. The normalized spacial score (nSPS) is 37.5. The number of nitrogens with one attached hydrogen (secondary N) is 1. The summed E-state index contributed by atoms with van der Waals surface area (Å²) in [6.45, 7) is 9.26. The molecule has 3 aliphatic rings. The highest BCUT2D eigenvalue weighted by Gasteiger charge is 2.30. The fourth-order valence-corrected chi connectivity index (χ4v) is 3.62. The van der Waals surface area contributed by atoms with Crippen molar-refractivity contribution in [2.45, 2.75) is 31.7 Å². The van der Waals surface area contributed by atoms with Crippen LogP contribution in [0.2, 0.25) is 0 Å². The van der Waals surface area contributed by atoms with Gasteiger partial charge in [0.15, 0.2) is 0 Å². The summed E-state index contributed by atoms with van der Waals surface area (Å²) in [5.74, 6) is 0.928. The van der Waals surface area contributed by atoms with Crippen molar-refractivity contribution < 1.29 is 0 Å². The number of nitrogens with zero attached hydrogens (tertiary/aromatic N) is 2. The Balaban J connectivity index is 1.45. The minimum atomic E-state index is 0.886. The van der Waals surface area contributed by atoms with Crippen molar-refractivity contribution in [1.29, 1.82) is 0 Å². The Hall–Kier alpha value is -0.120. The standard InChI is InChI=1S/C13H25N3/c1-2-7-16(6-1)13-4-8-15(11-13)10-12-3-5-14-9-12/h12-14H,1-11H2. The molecule has 16 heavy (non-hydrogen) atoms. The third kappa shape index (κ3) is 2.41. The van der Waals surface area contributed by atoms with Crippen molar-refractivity contribution in [3.8, 4) is 0 Å². The lowest BCUT2D eigenvalue weighted by molar-refractivity contribution is 0.221. The van der Waals surface area contributed by atoms with Gasteiger partial charge in [-0.2, -0.15) is 0 Å². The van der Waals surface area contributed by atoms with Crippen LogP contribution in [0.15, 0.2) is 0 Å². The maximum absolute atomic E-state index is 3.48. The third-order valence-electron chi connectivity index (χ3n) is 4.58. The first kappa shape index (κ1) is 11.0. The van der Waals surface area contributed by atoms with Gasteiger partial charge >= 0.3 is 0 Å². The van der Waals surface area contributed by atoms with Crippen molar-refractivity contribution in [2.75, 3.05) is 45.8 Å². The van der Waals surface area contributed by atoms with Gasteiger partial charge in [0, 0.05) is 19.1 Å². The molecule has 3 heteroatoms. The summed E-state index contributed by atoms with van der Waals surface area (Å²) in [5, 5.41) is 3.48. The van der Waals surface area contributed by atoms with Gasteiger partial charge in [0.05, 0.1) is 0 Å². The Morgan fingerprint density at radius 2 is 1.94 bits per heavy atom. The second-order valence-corrected chi connectivity index (χ2v) is 5.80. The minimum absolute atomic E-state index is 0.886. The van der Waals surface area contributed by atoms with Crippen LogP contribution in [0.4, 0.5) is 0 Å². The smallest absolute Gasteiger partial charge is 0.0235 e. The molecule has 3 heterocycles. The van der Waals surface area contributed by atoms with Crippen molar-refractivity contribution in [2.24, 2.45) is 5.92 Å². The van der Waals surface area contributed by atoms with Crippen LogP contribution in [0.5, 0.6) is 0 Å². The summed E-state index contributed by atoms with van der Waals surface area (Å²) >= 11 is 0. The van der Waals surface area contributed by atoms with Gasteiger partial charge in [0.25, 0.3) is 0 Å². The number of hydrogen-bond acceptors (Lipinski definition) is 3. The van der Waals surface area contributed by atoms with Gasteiger partial charge in [-0.15, -0.1) is 0 Å². The van der Waals surface area contributed by atoms with E-state index in [2.05, 4.69) is 15.1 Å². The molecule has 0 aromatic heterocycles. The van der Waals surface area contributed by atoms with Crippen LogP contribution in [-0.4, -0.2) is 61.7 Å². The molecule has 92 valence electrons. The lowest BCUT2D eigenvalue weighted by Gasteiger charge is -2.24. The minimum Gasteiger partial charge on any atom is -0.316 e. The molecule has 0 aliphatic carbocycles. The zero-order valence-corrected chi connectivity index (χ0v) is 10.3. The fourth-order valence-electron chi connectivity index (χ4n) is 3.62. The average molecular weight is 223 g/mol. The molecular formula is C13H25N3. The lowest BCUT2D eigenvalue weighted by Crippen LogP contribution is -2.36. The molecule has 0 amide bonds. The fraction of sp³-hybridized carbons (Fsp3) is 1.00. The monoisotopic (exact) mass is 223 g/mol. The molecule has 0 spiro atoms. The van der Waals surface area contributed by atoms with E-state index in [1.807, 2.05) is 0 Å². The van der Waals surface area contributed by atoms with E-state index in [4.69, 9.17) is 0 Å². The van der Waals surface area contributed by atoms with E-state index in [-0.39, 0.29) is 0 Å². The SMILES string of the molecule is C1CCN(C2CCN(CC3CCNC3)C2)C1. The van der Waals surface area contributed by atoms with Crippen LogP contribution in [0, 0.1) is 5.92 Å². The van der Waals surface area contributed by atoms with Crippen LogP contribution >= 0.6 is 0 Å². The summed E-state index contributed by atoms with van der Waals surface area (Å²) in [6.07, 6.45) is 5.68. The highest BCUT2D eigenvalue weighted by molar-refractivity contribution is 4.87. The molecule has 3 rings (SSSR count). The third-order valence-corrected chi connectivity index (χ3v) is 4.58. The van der Waals surface area contributed by atoms with E-state index in [0.717, 1.165) is 12.0 Å². The summed E-state index contributed by atoms with van der Waals surface area (Å²) in [7, 11) is 0. The highest BCUT2D eigenvalue weighted by atomic mass is 15.3. The zero-order chi connectivity index (χ0) is 10.8. The van der Waals surface area contributed by atoms with Crippen LogP contribution in [0.3, 0.4) is 0 Å². The first-order chi connectivity index (χ1) is 7.92. The first-order valence-electron chi connectivity index (χ1n) is 7.09. The summed E-state index contributed by atoms with van der Waals surface area (Å²) in [5.41, 5.74) is 0. The van der Waals surface area contributed by atoms with Gasteiger partial charge in [-0.1, -0.05) is 0 Å². The Morgan fingerprint density at radius 3 is 2.69 bits per heavy atom. The maximum Gasteiger partial charge on any atom is 0.0235 e. The van der Waals surface area contributed by atoms with E-state index in [9.17, 15) is 0 Å². The van der Waals surface area contributed by atoms with Gasteiger partial charge in [0.1, 0.15) is 0 Å². The zero-order valence-electron chi connectivity index (χ0n) is 10.3. The van der Waals surface area contributed by atoms with E-state index >= 15 is 0 Å². The number of hydrogen-bond donors (Lipinski definition) is 1. The summed E-state index contributed by atoms with van der Waals surface area (Å²) in [6, 6.07) is 0.886. The lowest BCUT2D eigenvalue weighted by atomic mass is 10.1. The van der Waals surface area contributed by atoms with E-state index < -0.39 is 0 Å². The van der Waals surface area contributed by atoms with Gasteiger partial charge in [-0.3, -0.25) is 4.90 Å². The van der Waals surface area contributed by atoms with Crippen molar-refractivity contribution in [1.82, 2.24) is 15.1 Å². The molecule has 0 aromatic carbocycles. The molecule has 0 radical (unpaired) electrons. The van der Waals surface area contributed by atoms with Crippen LogP contribution in [0.25, 0.3) is 0 Å². The molecule has 2 unspecified atom stereocenters. The van der Waals surface area contributed by atoms with Crippen LogP contribution in [0.1, 0.15) is 25.7 Å². The van der Waals surface area contributed by atoms with Crippen LogP contribution < -0.4 is 5.32 Å². The van der Waals surface area contributed by atoms with Crippen molar-refractivity contribution in [3.63, 3.8) is 0 Å². The van der Waals surface area contributed by atoms with Crippen molar-refractivity contribution >= 4 is 0 Å². The van der Waals surface area contributed by atoms with E-state index in [0.29, 0.717) is 0 Å². The Morgan fingerprint density at radius 1 is 1.06 bits per heavy atom. The summed E-state index contributed by atoms with van der Waals surface area (Å²) in [4.78, 5) is 5.44. The molecule has 3 nitrogen and oxygen atoms in total. The Bertz CT molecular complexity index is 219. The second-order valence-electron chi connectivity index (χ2n) is 5.80. The summed E-state index contributed by atoms with van der Waals surface area (Å²) < 4.78 is 0. The molecule has 0 aromatic rings. The Kier molecular flexibility index (Phi) is 3.46. The maximum atomic E-state index is 3.48. The number of rotatable bonds is 3. The number of likely N-dealkylation sites (tertiary alicyclic amines) is 2. The van der Waals surface area contributed by atoms with Gasteiger partial charge in [-0.05, 0) is 64.3 Å². The van der Waals surface area contributed by atoms with E-state index in [1.165, 1.54) is 71.5 Å². The largest absolute Gasteiger partial charge is 0.316 e. The molecular weight excluding hydrogens is 198 g/mol. The van der Waals surface area contributed by atoms with Gasteiger partial charge in [0.2, 0.25) is 0 Å². The second kappa shape index (κ2) is 5.03. The highest BCUT2D eigenvalue weighted by Crippen LogP contribution is 2.22. The van der Waals surface area contributed by atoms with Crippen LogP contribution in [-0.2, 0) is 0 Å². The molecule has 3 saturated heterocycles.